The first-order valence-electron chi connectivity index (χ1n) is 1.92. The van der Waals surface area contributed by atoms with Gasteiger partial charge in [-0.2, -0.15) is 13.2 Å². The zero-order chi connectivity index (χ0) is 6.91. The van der Waals surface area contributed by atoms with Crippen molar-refractivity contribution >= 4 is 17.5 Å². The second-order valence-corrected chi connectivity index (χ2v) is 1.98. The van der Waals surface area contributed by atoms with Crippen LogP contribution in [0, 0.1) is 6.67 Å². The molecule has 0 aromatic heterocycles. The molecule has 0 aliphatic carbocycles. The molecule has 1 rings (SSSR count). The van der Waals surface area contributed by atoms with Gasteiger partial charge in [0.2, 0.25) is 0 Å². The molecule has 1 aliphatic rings. The van der Waals surface area contributed by atoms with E-state index >= 15 is 0 Å². The summed E-state index contributed by atoms with van der Waals surface area (Å²) in [6.07, 6.45) is -4.34. The summed E-state index contributed by atoms with van der Waals surface area (Å²) in [5.74, 6) is 0. The highest BCUT2D eigenvalue weighted by atomic mass is 32.2. The van der Waals surface area contributed by atoms with Gasteiger partial charge in [-0.25, -0.2) is 0 Å². The lowest BCUT2D eigenvalue weighted by molar-refractivity contribution is -0.196. The minimum absolute atomic E-state index is 0.0625. The van der Waals surface area contributed by atoms with E-state index in [1.54, 1.807) is 0 Å². The van der Waals surface area contributed by atoms with Gasteiger partial charge in [0.25, 0.3) is 0 Å². The summed E-state index contributed by atoms with van der Waals surface area (Å²) in [4.78, 5) is 3.13. The monoisotopic (exact) mass is 154 g/mol. The molecule has 0 aromatic carbocycles. The maximum absolute atomic E-state index is 11.5. The molecule has 0 saturated carbocycles. The van der Waals surface area contributed by atoms with Gasteiger partial charge in [-0.05, 0) is 11.9 Å². The van der Waals surface area contributed by atoms with Crippen LogP contribution >= 0.6 is 11.9 Å². The highest BCUT2D eigenvalue weighted by Crippen LogP contribution is 2.31. The van der Waals surface area contributed by atoms with E-state index in [4.69, 9.17) is 0 Å². The molecular formula is C3HF3N2S. The van der Waals surface area contributed by atoms with E-state index in [-0.39, 0.29) is 4.31 Å². The molecule has 0 aromatic rings. The summed E-state index contributed by atoms with van der Waals surface area (Å²) in [6, 6.07) is 0. The Kier molecular flexibility index (Phi) is 1.67. The summed E-state index contributed by atoms with van der Waals surface area (Å²) in [5, 5.41) is 0. The van der Waals surface area contributed by atoms with Crippen LogP contribution in [-0.2, 0) is 0 Å². The minimum atomic E-state index is -4.34. The number of halogens is 3. The molecule has 0 atom stereocenters. The normalized spacial score (nSPS) is 21.2. The van der Waals surface area contributed by atoms with Crippen LogP contribution in [0.25, 0.3) is 0 Å². The van der Waals surface area contributed by atoms with Gasteiger partial charge in [0, 0.05) is 0 Å². The lowest BCUT2D eigenvalue weighted by Crippen LogP contribution is -2.26. The van der Waals surface area contributed by atoms with Crippen molar-refractivity contribution in [3.8, 4) is 0 Å². The SMILES string of the molecule is FC(F)(F)N1[CH]N=[C]S1. The molecule has 0 N–H and O–H groups in total. The third-order valence-corrected chi connectivity index (χ3v) is 1.29. The molecule has 0 bridgehead atoms. The Hall–Kier alpha value is -0.230. The third kappa shape index (κ3) is 1.59. The molecule has 0 amide bonds. The highest BCUT2D eigenvalue weighted by Gasteiger charge is 2.39. The van der Waals surface area contributed by atoms with Crippen molar-refractivity contribution < 1.29 is 13.2 Å². The van der Waals surface area contributed by atoms with Crippen LogP contribution in [0.3, 0.4) is 0 Å². The average molecular weight is 154 g/mol. The second kappa shape index (κ2) is 2.18. The van der Waals surface area contributed by atoms with Crippen molar-refractivity contribution in [3.05, 3.63) is 6.67 Å². The Morgan fingerprint density at radius 1 is 1.56 bits per heavy atom. The quantitative estimate of drug-likeness (QED) is 0.388. The summed E-state index contributed by atoms with van der Waals surface area (Å²) in [5.41, 5.74) is 2.07. The van der Waals surface area contributed by atoms with Gasteiger partial charge in [0.1, 0.15) is 5.55 Å². The lowest BCUT2D eigenvalue weighted by atomic mass is 11.0. The number of rotatable bonds is 0. The van der Waals surface area contributed by atoms with Crippen molar-refractivity contribution in [2.45, 2.75) is 6.30 Å². The van der Waals surface area contributed by atoms with Gasteiger partial charge in [0.05, 0.1) is 0 Å². The molecule has 0 saturated heterocycles. The van der Waals surface area contributed by atoms with Crippen molar-refractivity contribution in [2.24, 2.45) is 4.99 Å². The van der Waals surface area contributed by atoms with Crippen LogP contribution in [0.15, 0.2) is 4.99 Å². The number of hydrogen-bond acceptors (Lipinski definition) is 3. The number of nitrogens with zero attached hydrogens (tertiary/aromatic N) is 2. The van der Waals surface area contributed by atoms with E-state index in [1.165, 1.54) is 0 Å². The number of aliphatic imine (C=N–C) groups is 1. The topological polar surface area (TPSA) is 15.6 Å². The molecule has 9 heavy (non-hydrogen) atoms. The molecule has 0 fully saturated rings. The number of hydrogen-bond donors (Lipinski definition) is 0. The number of alkyl halides is 3. The first kappa shape index (κ1) is 6.88. The third-order valence-electron chi connectivity index (χ3n) is 0.604. The van der Waals surface area contributed by atoms with Crippen LogP contribution in [0.4, 0.5) is 13.2 Å². The van der Waals surface area contributed by atoms with Crippen LogP contribution in [0.5, 0.6) is 0 Å². The van der Waals surface area contributed by atoms with E-state index in [2.05, 4.69) is 10.5 Å². The zero-order valence-electron chi connectivity index (χ0n) is 4.01. The largest absolute Gasteiger partial charge is 0.471 e. The molecule has 0 unspecified atom stereocenters. The summed E-state index contributed by atoms with van der Waals surface area (Å²) >= 11 is 0.385. The summed E-state index contributed by atoms with van der Waals surface area (Å²) in [6.45, 7) is 0.671. The van der Waals surface area contributed by atoms with Crippen molar-refractivity contribution in [1.29, 1.82) is 0 Å². The first-order valence-corrected chi connectivity index (χ1v) is 2.69. The van der Waals surface area contributed by atoms with Crippen molar-refractivity contribution in [1.82, 2.24) is 4.31 Å². The summed E-state index contributed by atoms with van der Waals surface area (Å²) in [7, 11) is 0. The van der Waals surface area contributed by atoms with E-state index in [1.807, 2.05) is 0 Å². The Bertz CT molecular complexity index is 124. The van der Waals surface area contributed by atoms with Crippen molar-refractivity contribution in [2.75, 3.05) is 0 Å². The van der Waals surface area contributed by atoms with Crippen molar-refractivity contribution in [3.63, 3.8) is 0 Å². The predicted octanol–water partition coefficient (Wildman–Crippen LogP) is 1.49. The Labute approximate surface area is 53.9 Å². The fourth-order valence-corrected chi connectivity index (χ4v) is 0.664. The molecule has 2 nitrogen and oxygen atoms in total. The molecule has 6 heteroatoms. The fourth-order valence-electron chi connectivity index (χ4n) is 0.284. The molecular weight excluding hydrogens is 153 g/mol. The average Bonchev–Trinajstić information content (AvgIpc) is 2.08. The van der Waals surface area contributed by atoms with Gasteiger partial charge >= 0.3 is 6.30 Å². The molecule has 2 radical (unpaired) electrons. The van der Waals surface area contributed by atoms with Crippen LogP contribution < -0.4 is 0 Å². The Morgan fingerprint density at radius 3 is 2.44 bits per heavy atom. The molecule has 1 aliphatic heterocycles. The van der Waals surface area contributed by atoms with Crippen LogP contribution in [0.1, 0.15) is 0 Å². The second-order valence-electron chi connectivity index (χ2n) is 1.22. The zero-order valence-corrected chi connectivity index (χ0v) is 4.83. The van der Waals surface area contributed by atoms with Gasteiger partial charge in [-0.15, -0.1) is 4.31 Å². The smallest absolute Gasteiger partial charge is 0.250 e. The van der Waals surface area contributed by atoms with E-state index < -0.39 is 6.30 Å². The standard InChI is InChI=1S/C3HF3N2S/c4-3(5,6)8-1-7-2-9-8/h1H. The van der Waals surface area contributed by atoms with E-state index in [0.29, 0.717) is 18.6 Å². The van der Waals surface area contributed by atoms with Gasteiger partial charge < -0.3 is 0 Å². The maximum atomic E-state index is 11.5. The first-order chi connectivity index (χ1) is 4.11. The molecule has 0 spiro atoms. The fraction of sp³-hybridized carbons (Fsp3) is 0.333. The van der Waals surface area contributed by atoms with Gasteiger partial charge in [-0.1, -0.05) is 0 Å². The van der Waals surface area contributed by atoms with Crippen LogP contribution in [0.2, 0.25) is 0 Å². The Balaban J connectivity index is 2.46. The molecule has 50 valence electrons. The molecule has 1 heterocycles. The van der Waals surface area contributed by atoms with E-state index in [0.717, 1.165) is 0 Å². The van der Waals surface area contributed by atoms with E-state index in [9.17, 15) is 13.2 Å². The Morgan fingerprint density at radius 2 is 2.22 bits per heavy atom. The lowest BCUT2D eigenvalue weighted by Gasteiger charge is -2.13. The van der Waals surface area contributed by atoms with Crippen LogP contribution in [-0.4, -0.2) is 16.2 Å². The van der Waals surface area contributed by atoms with Gasteiger partial charge in [0.15, 0.2) is 6.67 Å². The summed E-state index contributed by atoms with van der Waals surface area (Å²) < 4.78 is 34.7. The van der Waals surface area contributed by atoms with Gasteiger partial charge in [-0.3, -0.25) is 4.99 Å². The minimum Gasteiger partial charge on any atom is -0.250 e. The maximum Gasteiger partial charge on any atom is 0.471 e. The highest BCUT2D eigenvalue weighted by molar-refractivity contribution is 8.10. The predicted molar refractivity (Wildman–Crippen MR) is 27.2 cm³/mol.